The number of nitriles is 2. The molecule has 12 nitrogen and oxygen atoms in total. The first kappa shape index (κ1) is 40.1. The van der Waals surface area contributed by atoms with Crippen LogP contribution in [0.5, 0.6) is 0 Å². The van der Waals surface area contributed by atoms with Gasteiger partial charge >= 0.3 is 12.1 Å². The summed E-state index contributed by atoms with van der Waals surface area (Å²) in [6, 6.07) is 20.0. The Bertz CT molecular complexity index is 1550. The zero-order chi connectivity index (χ0) is 37.3. The fourth-order valence-corrected chi connectivity index (χ4v) is 6.80. The van der Waals surface area contributed by atoms with Gasteiger partial charge in [-0.05, 0) is 62.5 Å². The summed E-state index contributed by atoms with van der Waals surface area (Å²) in [6.07, 6.45) is 5.18. The predicted molar refractivity (Wildman–Crippen MR) is 189 cm³/mol. The molecule has 0 saturated heterocycles. The molecule has 2 aliphatic rings. The van der Waals surface area contributed by atoms with Crippen molar-refractivity contribution in [3.8, 4) is 12.4 Å². The topological polar surface area (TPSA) is 179 Å². The predicted octanol–water partition coefficient (Wildman–Crippen LogP) is 3.84. The average molecular weight is 709 g/mol. The third-order valence-electron chi connectivity index (χ3n) is 9.66. The van der Waals surface area contributed by atoms with Gasteiger partial charge in [0.1, 0.15) is 0 Å². The summed E-state index contributed by atoms with van der Waals surface area (Å²) in [7, 11) is 3.21. The number of aliphatic imine (C=N–C) groups is 2. The highest BCUT2D eigenvalue weighted by molar-refractivity contribution is 5.82. The lowest BCUT2D eigenvalue weighted by molar-refractivity contribution is -0.173. The second kappa shape index (κ2) is 19.2. The Morgan fingerprint density at radius 1 is 0.725 bits per heavy atom. The van der Waals surface area contributed by atoms with E-state index < -0.39 is 17.5 Å². The summed E-state index contributed by atoms with van der Waals surface area (Å²) in [5.41, 5.74) is 1.59. The van der Waals surface area contributed by atoms with Crippen LogP contribution in [0, 0.1) is 22.9 Å². The molecule has 0 unspecified atom stereocenters. The number of nitrogens with zero attached hydrogens (tertiary/aromatic N) is 4. The summed E-state index contributed by atoms with van der Waals surface area (Å²) in [5, 5.41) is 33.9. The maximum Gasteiger partial charge on any atom is 0.471 e. The molecule has 0 bridgehead atoms. The second-order valence-electron chi connectivity index (χ2n) is 12.8. The Hall–Kier alpha value is -5.31. The van der Waals surface area contributed by atoms with E-state index in [1.165, 1.54) is 5.56 Å². The summed E-state index contributed by atoms with van der Waals surface area (Å²) < 4.78 is 37.7. The summed E-state index contributed by atoms with van der Waals surface area (Å²) in [4.78, 5) is 30.7. The van der Waals surface area contributed by atoms with Gasteiger partial charge < -0.3 is 21.3 Å². The van der Waals surface area contributed by atoms with E-state index >= 15 is 0 Å². The molecule has 2 amide bonds. The molecule has 2 fully saturated rings. The quantitative estimate of drug-likeness (QED) is 0.104. The van der Waals surface area contributed by atoms with Gasteiger partial charge in [0.2, 0.25) is 17.8 Å². The Kier molecular flexibility index (Phi) is 15.1. The van der Waals surface area contributed by atoms with Crippen LogP contribution in [0.1, 0.15) is 69.4 Å². The minimum absolute atomic E-state index is 0.00387. The van der Waals surface area contributed by atoms with Crippen LogP contribution in [0.25, 0.3) is 0 Å². The first-order chi connectivity index (χ1) is 24.4. The van der Waals surface area contributed by atoms with Crippen LogP contribution in [0.2, 0.25) is 0 Å². The molecule has 2 saturated carbocycles. The number of nitrogens with one attached hydrogen (secondary N) is 6. The lowest BCUT2D eigenvalue weighted by Gasteiger charge is -2.41. The van der Waals surface area contributed by atoms with Crippen molar-refractivity contribution in [3.63, 3.8) is 0 Å². The molecule has 2 aromatic carbocycles. The van der Waals surface area contributed by atoms with Crippen molar-refractivity contribution in [2.45, 2.75) is 87.4 Å². The summed E-state index contributed by atoms with van der Waals surface area (Å²) >= 11 is 0. The lowest BCUT2D eigenvalue weighted by atomic mass is 9.68. The van der Waals surface area contributed by atoms with Gasteiger partial charge in [-0.3, -0.25) is 30.2 Å². The molecule has 0 aliphatic heterocycles. The molecule has 0 spiro atoms. The van der Waals surface area contributed by atoms with Gasteiger partial charge in [0.25, 0.3) is 0 Å². The maximum atomic E-state index is 12.6. The first-order valence-electron chi connectivity index (χ1n) is 16.9. The van der Waals surface area contributed by atoms with E-state index in [1.54, 1.807) is 27.2 Å². The fourth-order valence-electron chi connectivity index (χ4n) is 6.80. The fraction of sp³-hybridized carbons (Fsp3) is 0.500. The molecule has 2 aromatic rings. The van der Waals surface area contributed by atoms with Crippen molar-refractivity contribution in [1.29, 1.82) is 10.5 Å². The monoisotopic (exact) mass is 708 g/mol. The van der Waals surface area contributed by atoms with Gasteiger partial charge in [0.15, 0.2) is 12.4 Å². The third-order valence-corrected chi connectivity index (χ3v) is 9.66. The van der Waals surface area contributed by atoms with Crippen molar-refractivity contribution in [3.05, 3.63) is 71.8 Å². The molecular weight excluding hydrogens is 661 g/mol. The number of rotatable bonds is 8. The van der Waals surface area contributed by atoms with Gasteiger partial charge in [-0.15, -0.1) is 0 Å². The zero-order valence-electron chi connectivity index (χ0n) is 29.2. The molecule has 15 heteroatoms. The van der Waals surface area contributed by atoms with E-state index in [0.29, 0.717) is 44.1 Å². The largest absolute Gasteiger partial charge is 0.471 e. The molecular formula is C36H47F3N10O2. The van der Waals surface area contributed by atoms with E-state index in [1.807, 2.05) is 54.7 Å². The number of halogens is 3. The van der Waals surface area contributed by atoms with E-state index in [0.717, 1.165) is 31.2 Å². The number of carbonyl (C=O) groups excluding carboxylic acids is 2. The molecule has 4 rings (SSSR count). The van der Waals surface area contributed by atoms with Gasteiger partial charge in [0, 0.05) is 57.0 Å². The Morgan fingerprint density at radius 3 is 1.41 bits per heavy atom. The van der Waals surface area contributed by atoms with Crippen molar-refractivity contribution in [2.75, 3.05) is 27.2 Å². The van der Waals surface area contributed by atoms with E-state index in [2.05, 4.69) is 54.0 Å². The highest BCUT2D eigenvalue weighted by atomic mass is 19.4. The maximum absolute atomic E-state index is 12.6. The van der Waals surface area contributed by atoms with Crippen molar-refractivity contribution in [2.24, 2.45) is 9.98 Å². The number of amides is 2. The van der Waals surface area contributed by atoms with Crippen molar-refractivity contribution >= 4 is 23.7 Å². The highest BCUT2D eigenvalue weighted by Crippen LogP contribution is 2.40. The Morgan fingerprint density at radius 2 is 1.10 bits per heavy atom. The molecule has 6 N–H and O–H groups in total. The lowest BCUT2D eigenvalue weighted by Crippen LogP contribution is -2.50. The van der Waals surface area contributed by atoms with E-state index in [4.69, 9.17) is 10.5 Å². The molecule has 274 valence electrons. The second-order valence-corrected chi connectivity index (χ2v) is 12.8. The van der Waals surface area contributed by atoms with Crippen molar-refractivity contribution < 1.29 is 22.8 Å². The van der Waals surface area contributed by atoms with Crippen LogP contribution in [0.3, 0.4) is 0 Å². The number of benzene rings is 2. The minimum atomic E-state index is -4.90. The van der Waals surface area contributed by atoms with Crippen LogP contribution >= 0.6 is 0 Å². The molecule has 2 aliphatic carbocycles. The molecule has 51 heavy (non-hydrogen) atoms. The van der Waals surface area contributed by atoms with Crippen LogP contribution < -0.4 is 31.9 Å². The third kappa shape index (κ3) is 11.9. The van der Waals surface area contributed by atoms with Gasteiger partial charge in [-0.1, -0.05) is 60.7 Å². The van der Waals surface area contributed by atoms with Crippen LogP contribution in [0.4, 0.5) is 13.2 Å². The Labute approximate surface area is 297 Å². The van der Waals surface area contributed by atoms with Gasteiger partial charge in [-0.25, -0.2) is 0 Å². The average Bonchev–Trinajstić information content (AvgIpc) is 3.14. The molecule has 0 aromatic heterocycles. The number of hydrogen-bond donors (Lipinski definition) is 6. The number of hydrogen-bond acceptors (Lipinski definition) is 6. The van der Waals surface area contributed by atoms with E-state index in [9.17, 15) is 22.8 Å². The normalized spacial score (nSPS) is 23.5. The number of guanidine groups is 2. The van der Waals surface area contributed by atoms with Gasteiger partial charge in [-0.2, -0.15) is 23.7 Å². The first-order valence-corrected chi connectivity index (χ1v) is 16.9. The Balaban J connectivity index is 0.000000277. The molecule has 0 heterocycles. The standard InChI is InChI=1S/C18H22F3N5O.C18H25N5O/c1-23-16(25-12-22)26-14-7-9-17(10-8-14,13-5-3-2-4-6-13)11-24-15(27)18(19,20)21;1-14(24)21-12-18(15-6-4-3-5-7-15)10-8-16(9-11-18)23-17(20-2)22-13-19/h2-6,14H,7-11H2,1H3,(H,24,27)(H2,23,25,26);3-7,16H,8-12H2,1-2H3,(H,21,24)(H2,20,22,23). The number of carbonyl (C=O) groups is 2. The van der Waals surface area contributed by atoms with Crippen LogP contribution in [-0.4, -0.2) is 69.2 Å². The van der Waals surface area contributed by atoms with E-state index in [-0.39, 0.29) is 30.0 Å². The summed E-state index contributed by atoms with van der Waals surface area (Å²) in [6.45, 7) is 2.14. The van der Waals surface area contributed by atoms with Gasteiger partial charge in [0.05, 0.1) is 0 Å². The molecule has 0 radical (unpaired) electrons. The number of alkyl halides is 3. The minimum Gasteiger partial charge on any atom is -0.355 e. The highest BCUT2D eigenvalue weighted by Gasteiger charge is 2.42. The molecule has 0 atom stereocenters. The van der Waals surface area contributed by atoms with Crippen LogP contribution in [-0.2, 0) is 20.4 Å². The summed E-state index contributed by atoms with van der Waals surface area (Å²) in [5.74, 6) is -1.04. The van der Waals surface area contributed by atoms with Crippen molar-refractivity contribution in [1.82, 2.24) is 31.9 Å². The smallest absolute Gasteiger partial charge is 0.355 e. The van der Waals surface area contributed by atoms with Crippen LogP contribution in [0.15, 0.2) is 70.6 Å². The SMILES string of the molecule is CN=C(NC#N)NC1CCC(CNC(=O)C(F)(F)F)(c2ccccc2)CC1.CN=C(NC#N)NC1CCC(CNC(C)=O)(c2ccccc2)CC1. The zero-order valence-corrected chi connectivity index (χ0v) is 29.2.